The number of nitrogens with one attached hydrogen (secondary N) is 1. The molecule has 3 rings (SSSR count). The van der Waals surface area contributed by atoms with Gasteiger partial charge in [0.1, 0.15) is 5.82 Å². The summed E-state index contributed by atoms with van der Waals surface area (Å²) in [6, 6.07) is 2.05. The van der Waals surface area contributed by atoms with E-state index in [0.29, 0.717) is 5.92 Å². The second-order valence-corrected chi connectivity index (χ2v) is 7.77. The van der Waals surface area contributed by atoms with Crippen LogP contribution in [0.1, 0.15) is 44.2 Å². The normalized spacial score (nSPS) is 15.6. The van der Waals surface area contributed by atoms with Crippen molar-refractivity contribution in [1.29, 1.82) is 0 Å². The maximum atomic E-state index is 4.88. The molecular formula is C15H17Br2N3S. The van der Waals surface area contributed by atoms with Crippen molar-refractivity contribution in [2.75, 3.05) is 11.9 Å². The molecule has 0 unspecified atom stereocenters. The SMILES string of the molecule is CCNc1nc(-c2sccc2Br)nc(C2CCCC2)c1Br. The minimum atomic E-state index is 0.553. The molecule has 0 aromatic carbocycles. The summed E-state index contributed by atoms with van der Waals surface area (Å²) >= 11 is 8.98. The fourth-order valence-electron chi connectivity index (χ4n) is 2.77. The van der Waals surface area contributed by atoms with Gasteiger partial charge in [-0.2, -0.15) is 0 Å². The summed E-state index contributed by atoms with van der Waals surface area (Å²) in [6.45, 7) is 2.94. The van der Waals surface area contributed by atoms with Gasteiger partial charge < -0.3 is 5.32 Å². The highest BCUT2D eigenvalue weighted by molar-refractivity contribution is 9.11. The van der Waals surface area contributed by atoms with Gasteiger partial charge in [-0.15, -0.1) is 11.3 Å². The lowest BCUT2D eigenvalue weighted by Gasteiger charge is -2.16. The van der Waals surface area contributed by atoms with Crippen LogP contribution in [0.5, 0.6) is 0 Å². The Morgan fingerprint density at radius 1 is 1.29 bits per heavy atom. The number of halogens is 2. The van der Waals surface area contributed by atoms with Gasteiger partial charge in [0.05, 0.1) is 15.0 Å². The molecule has 0 spiro atoms. The first-order chi connectivity index (χ1) is 10.2. The molecule has 1 aliphatic rings. The largest absolute Gasteiger partial charge is 0.369 e. The number of hydrogen-bond donors (Lipinski definition) is 1. The van der Waals surface area contributed by atoms with Crippen LogP contribution in [-0.4, -0.2) is 16.5 Å². The number of rotatable bonds is 4. The van der Waals surface area contributed by atoms with Crippen LogP contribution in [0.3, 0.4) is 0 Å². The summed E-state index contributed by atoms with van der Waals surface area (Å²) in [5.41, 5.74) is 1.16. The predicted octanol–water partition coefficient (Wildman–Crippen LogP) is 5.82. The molecular weight excluding hydrogens is 414 g/mol. The van der Waals surface area contributed by atoms with E-state index >= 15 is 0 Å². The molecule has 1 aliphatic carbocycles. The summed E-state index contributed by atoms with van der Waals surface area (Å²) in [6.07, 6.45) is 5.06. The minimum Gasteiger partial charge on any atom is -0.369 e. The van der Waals surface area contributed by atoms with Gasteiger partial charge in [-0.1, -0.05) is 12.8 Å². The summed E-state index contributed by atoms with van der Waals surface area (Å²) in [5.74, 6) is 2.28. The first-order valence-electron chi connectivity index (χ1n) is 7.25. The molecule has 2 aromatic rings. The van der Waals surface area contributed by atoms with Crippen molar-refractivity contribution < 1.29 is 0 Å². The average molecular weight is 431 g/mol. The molecule has 0 bridgehead atoms. The molecule has 2 aromatic heterocycles. The summed E-state index contributed by atoms with van der Waals surface area (Å²) in [7, 11) is 0. The predicted molar refractivity (Wildman–Crippen MR) is 96.1 cm³/mol. The standard InChI is InChI=1S/C15H17Br2N3S/c1-2-18-14-11(17)12(9-5-3-4-6-9)19-15(20-14)13-10(16)7-8-21-13/h7-9H,2-6H2,1H3,(H,18,19,20). The number of anilines is 1. The van der Waals surface area contributed by atoms with E-state index in [1.54, 1.807) is 11.3 Å². The smallest absolute Gasteiger partial charge is 0.173 e. The highest BCUT2D eigenvalue weighted by Gasteiger charge is 2.24. The van der Waals surface area contributed by atoms with E-state index in [-0.39, 0.29) is 0 Å². The summed E-state index contributed by atoms with van der Waals surface area (Å²) in [4.78, 5) is 10.7. The number of hydrogen-bond acceptors (Lipinski definition) is 4. The molecule has 112 valence electrons. The Hall–Kier alpha value is -0.460. The fourth-order valence-corrected chi connectivity index (χ4v) is 4.90. The van der Waals surface area contributed by atoms with Crippen LogP contribution in [0.2, 0.25) is 0 Å². The Morgan fingerprint density at radius 3 is 2.67 bits per heavy atom. The maximum Gasteiger partial charge on any atom is 0.173 e. The number of nitrogens with zero attached hydrogens (tertiary/aromatic N) is 2. The third-order valence-electron chi connectivity index (χ3n) is 3.78. The Morgan fingerprint density at radius 2 is 2.05 bits per heavy atom. The molecule has 1 N–H and O–H groups in total. The monoisotopic (exact) mass is 429 g/mol. The molecule has 0 atom stereocenters. The molecule has 6 heteroatoms. The van der Waals surface area contributed by atoms with Gasteiger partial charge >= 0.3 is 0 Å². The second kappa shape index (κ2) is 6.75. The topological polar surface area (TPSA) is 37.8 Å². The first-order valence-corrected chi connectivity index (χ1v) is 9.72. The molecule has 1 fully saturated rings. The number of aromatic nitrogens is 2. The average Bonchev–Trinajstić information content (AvgIpc) is 3.13. The van der Waals surface area contributed by atoms with E-state index in [1.807, 2.05) is 6.07 Å². The van der Waals surface area contributed by atoms with Crippen LogP contribution in [0.4, 0.5) is 5.82 Å². The van der Waals surface area contributed by atoms with Crippen molar-refractivity contribution in [1.82, 2.24) is 9.97 Å². The minimum absolute atomic E-state index is 0.553. The first kappa shape index (κ1) is 15.4. The molecule has 0 amide bonds. The van der Waals surface area contributed by atoms with Gasteiger partial charge in [-0.05, 0) is 63.1 Å². The molecule has 0 saturated heterocycles. The van der Waals surface area contributed by atoms with E-state index in [4.69, 9.17) is 9.97 Å². The molecule has 1 saturated carbocycles. The van der Waals surface area contributed by atoms with Crippen LogP contribution in [-0.2, 0) is 0 Å². The molecule has 0 aliphatic heterocycles. The van der Waals surface area contributed by atoms with Crippen molar-refractivity contribution in [3.8, 4) is 10.7 Å². The molecule has 2 heterocycles. The maximum absolute atomic E-state index is 4.88. The Labute approximate surface area is 145 Å². The fraction of sp³-hybridized carbons (Fsp3) is 0.467. The Kier molecular flexibility index (Phi) is 4.96. The van der Waals surface area contributed by atoms with Crippen LogP contribution in [0.25, 0.3) is 10.7 Å². The van der Waals surface area contributed by atoms with Crippen molar-refractivity contribution >= 4 is 49.0 Å². The van der Waals surface area contributed by atoms with E-state index in [2.05, 4.69) is 49.5 Å². The lowest BCUT2D eigenvalue weighted by atomic mass is 10.0. The third-order valence-corrected chi connectivity index (χ3v) is 6.40. The van der Waals surface area contributed by atoms with E-state index < -0.39 is 0 Å². The van der Waals surface area contributed by atoms with E-state index in [0.717, 1.165) is 37.7 Å². The Balaban J connectivity index is 2.10. The zero-order valence-corrected chi connectivity index (χ0v) is 15.8. The quantitative estimate of drug-likeness (QED) is 0.663. The van der Waals surface area contributed by atoms with Crippen LogP contribution in [0, 0.1) is 0 Å². The van der Waals surface area contributed by atoms with Gasteiger partial charge in [-0.25, -0.2) is 9.97 Å². The van der Waals surface area contributed by atoms with Gasteiger partial charge in [0.15, 0.2) is 5.82 Å². The lowest BCUT2D eigenvalue weighted by Crippen LogP contribution is -2.08. The van der Waals surface area contributed by atoms with Gasteiger partial charge in [0, 0.05) is 16.9 Å². The van der Waals surface area contributed by atoms with Crippen LogP contribution < -0.4 is 5.32 Å². The van der Waals surface area contributed by atoms with Crippen molar-refractivity contribution in [3.05, 3.63) is 26.1 Å². The van der Waals surface area contributed by atoms with Crippen LogP contribution >= 0.6 is 43.2 Å². The summed E-state index contributed by atoms with van der Waals surface area (Å²) in [5, 5.41) is 5.42. The van der Waals surface area contributed by atoms with Crippen molar-refractivity contribution in [2.24, 2.45) is 0 Å². The van der Waals surface area contributed by atoms with Crippen molar-refractivity contribution in [3.63, 3.8) is 0 Å². The highest BCUT2D eigenvalue weighted by Crippen LogP contribution is 2.41. The zero-order valence-electron chi connectivity index (χ0n) is 11.8. The highest BCUT2D eigenvalue weighted by atomic mass is 79.9. The van der Waals surface area contributed by atoms with Gasteiger partial charge in [0.2, 0.25) is 0 Å². The number of thiophene rings is 1. The Bertz CT molecular complexity index is 636. The van der Waals surface area contributed by atoms with Crippen molar-refractivity contribution in [2.45, 2.75) is 38.5 Å². The molecule has 3 nitrogen and oxygen atoms in total. The van der Waals surface area contributed by atoms with E-state index in [9.17, 15) is 0 Å². The summed E-state index contributed by atoms with van der Waals surface area (Å²) < 4.78 is 2.10. The van der Waals surface area contributed by atoms with Gasteiger partial charge in [-0.3, -0.25) is 0 Å². The zero-order chi connectivity index (χ0) is 14.8. The molecule has 0 radical (unpaired) electrons. The third kappa shape index (κ3) is 3.17. The van der Waals surface area contributed by atoms with Gasteiger partial charge in [0.25, 0.3) is 0 Å². The molecule has 21 heavy (non-hydrogen) atoms. The second-order valence-electron chi connectivity index (χ2n) is 5.20. The lowest BCUT2D eigenvalue weighted by molar-refractivity contribution is 0.691. The van der Waals surface area contributed by atoms with Crippen LogP contribution in [0.15, 0.2) is 20.4 Å². The van der Waals surface area contributed by atoms with E-state index in [1.165, 1.54) is 25.7 Å².